The Bertz CT molecular complexity index is 685. The lowest BCUT2D eigenvalue weighted by Gasteiger charge is -2.07. The highest BCUT2D eigenvalue weighted by Crippen LogP contribution is 2.22. The second kappa shape index (κ2) is 4.37. The van der Waals surface area contributed by atoms with Gasteiger partial charge in [0.25, 0.3) is 0 Å². The number of benzene rings is 1. The Balaban J connectivity index is 2.09. The maximum Gasteiger partial charge on any atom is 0.213 e. The number of nitrogens with one attached hydrogen (secondary N) is 1. The van der Waals surface area contributed by atoms with E-state index in [9.17, 15) is 4.39 Å². The van der Waals surface area contributed by atoms with Crippen molar-refractivity contribution in [1.29, 1.82) is 0 Å². The van der Waals surface area contributed by atoms with Crippen LogP contribution >= 0.6 is 0 Å². The molecular formula is C13H9FN4. The number of aromatic nitrogens is 3. The second-order valence-corrected chi connectivity index (χ2v) is 3.74. The lowest BCUT2D eigenvalue weighted by Crippen LogP contribution is -1.97. The lowest BCUT2D eigenvalue weighted by molar-refractivity contribution is 0.586. The van der Waals surface area contributed by atoms with Crippen LogP contribution in [0.2, 0.25) is 0 Å². The molecule has 18 heavy (non-hydrogen) atoms. The first kappa shape index (κ1) is 10.6. The van der Waals surface area contributed by atoms with E-state index in [-0.39, 0.29) is 0 Å². The quantitative estimate of drug-likeness (QED) is 0.700. The van der Waals surface area contributed by atoms with E-state index >= 15 is 0 Å². The van der Waals surface area contributed by atoms with Crippen LogP contribution in [0.15, 0.2) is 48.9 Å². The second-order valence-electron chi connectivity index (χ2n) is 3.74. The van der Waals surface area contributed by atoms with Crippen LogP contribution in [0.1, 0.15) is 0 Å². The van der Waals surface area contributed by atoms with Crippen LogP contribution < -0.4 is 5.32 Å². The van der Waals surface area contributed by atoms with Gasteiger partial charge in [-0.2, -0.15) is 4.39 Å². The molecule has 0 aliphatic carbocycles. The number of nitrogens with zero attached hydrogens (tertiary/aromatic N) is 3. The fourth-order valence-corrected chi connectivity index (χ4v) is 1.69. The van der Waals surface area contributed by atoms with Gasteiger partial charge in [0.05, 0.1) is 11.7 Å². The Labute approximate surface area is 103 Å². The first-order valence-corrected chi connectivity index (χ1v) is 5.41. The summed E-state index contributed by atoms with van der Waals surface area (Å²) in [6.45, 7) is 0. The van der Waals surface area contributed by atoms with Crippen LogP contribution in [-0.4, -0.2) is 15.0 Å². The molecule has 1 aromatic carbocycles. The van der Waals surface area contributed by atoms with E-state index in [1.807, 2.05) is 30.3 Å². The molecule has 0 aliphatic heterocycles. The lowest BCUT2D eigenvalue weighted by atomic mass is 10.2. The van der Waals surface area contributed by atoms with Gasteiger partial charge in [0.15, 0.2) is 0 Å². The predicted octanol–water partition coefficient (Wildman–Crippen LogP) is 2.91. The van der Waals surface area contributed by atoms with Gasteiger partial charge in [0.1, 0.15) is 12.1 Å². The number of fused-ring (bicyclic) bond motifs is 1. The molecule has 88 valence electrons. The summed E-state index contributed by atoms with van der Waals surface area (Å²) < 4.78 is 13.2. The molecule has 0 spiro atoms. The third-order valence-corrected chi connectivity index (χ3v) is 2.52. The Morgan fingerprint density at radius 3 is 2.67 bits per heavy atom. The Morgan fingerprint density at radius 1 is 1.00 bits per heavy atom. The number of halogens is 1. The summed E-state index contributed by atoms with van der Waals surface area (Å²) in [5, 5.41) is 3.73. The highest BCUT2D eigenvalue weighted by atomic mass is 19.1. The van der Waals surface area contributed by atoms with Gasteiger partial charge in [-0.25, -0.2) is 15.0 Å². The summed E-state index contributed by atoms with van der Waals surface area (Å²) in [6.07, 6.45) is 2.82. The molecule has 1 N–H and O–H groups in total. The molecule has 3 aromatic rings. The molecule has 3 rings (SSSR count). The highest BCUT2D eigenvalue weighted by molar-refractivity contribution is 5.89. The van der Waals surface area contributed by atoms with Crippen molar-refractivity contribution in [2.24, 2.45) is 0 Å². The van der Waals surface area contributed by atoms with E-state index in [4.69, 9.17) is 0 Å². The van der Waals surface area contributed by atoms with Gasteiger partial charge in [-0.1, -0.05) is 18.2 Å². The van der Waals surface area contributed by atoms with E-state index in [0.717, 1.165) is 5.69 Å². The summed E-state index contributed by atoms with van der Waals surface area (Å²) in [6, 6.07) is 10.9. The fourth-order valence-electron chi connectivity index (χ4n) is 1.69. The standard InChI is InChI=1S/C13H9FN4/c14-12-6-10-11(7-15-12)16-8-17-13(10)18-9-4-2-1-3-5-9/h1-8H,(H,16,17,18). The van der Waals surface area contributed by atoms with E-state index in [1.165, 1.54) is 18.6 Å². The molecule has 0 atom stereocenters. The average molecular weight is 240 g/mol. The number of hydrogen-bond acceptors (Lipinski definition) is 4. The topological polar surface area (TPSA) is 50.7 Å². The Hall–Kier alpha value is -2.56. The minimum absolute atomic E-state index is 0.548. The minimum atomic E-state index is -0.548. The van der Waals surface area contributed by atoms with E-state index < -0.39 is 5.95 Å². The first-order valence-electron chi connectivity index (χ1n) is 5.41. The molecular weight excluding hydrogens is 231 g/mol. The van der Waals surface area contributed by atoms with Crippen LogP contribution in [0.4, 0.5) is 15.9 Å². The van der Waals surface area contributed by atoms with Gasteiger partial charge >= 0.3 is 0 Å². The molecule has 0 aliphatic rings. The van der Waals surface area contributed by atoms with Crippen molar-refractivity contribution in [3.05, 3.63) is 54.9 Å². The maximum absolute atomic E-state index is 13.2. The van der Waals surface area contributed by atoms with Gasteiger partial charge in [0.2, 0.25) is 5.95 Å². The normalized spacial score (nSPS) is 10.5. The van der Waals surface area contributed by atoms with E-state index in [1.54, 1.807) is 0 Å². The zero-order valence-electron chi connectivity index (χ0n) is 9.34. The van der Waals surface area contributed by atoms with Crippen LogP contribution in [0.25, 0.3) is 10.9 Å². The molecule has 0 bridgehead atoms. The van der Waals surface area contributed by atoms with E-state index in [0.29, 0.717) is 16.7 Å². The summed E-state index contributed by atoms with van der Waals surface area (Å²) in [5.74, 6) is 0.0147. The third-order valence-electron chi connectivity index (χ3n) is 2.52. The average Bonchev–Trinajstić information content (AvgIpc) is 2.41. The summed E-state index contributed by atoms with van der Waals surface area (Å²) in [4.78, 5) is 11.7. The highest BCUT2D eigenvalue weighted by Gasteiger charge is 2.05. The number of para-hydroxylation sites is 1. The van der Waals surface area contributed by atoms with Crippen LogP contribution in [0.5, 0.6) is 0 Å². The smallest absolute Gasteiger partial charge is 0.213 e. The predicted molar refractivity (Wildman–Crippen MR) is 67.0 cm³/mol. The van der Waals surface area contributed by atoms with Crippen molar-refractivity contribution >= 4 is 22.4 Å². The van der Waals surface area contributed by atoms with Crippen molar-refractivity contribution in [3.8, 4) is 0 Å². The zero-order chi connectivity index (χ0) is 12.4. The molecule has 2 heterocycles. The van der Waals surface area contributed by atoms with Gasteiger partial charge in [-0.15, -0.1) is 0 Å². The molecule has 0 fully saturated rings. The van der Waals surface area contributed by atoms with Crippen LogP contribution in [0.3, 0.4) is 0 Å². The van der Waals surface area contributed by atoms with E-state index in [2.05, 4.69) is 20.3 Å². The largest absolute Gasteiger partial charge is 0.340 e. The summed E-state index contributed by atoms with van der Waals surface area (Å²) in [5.41, 5.74) is 1.49. The van der Waals surface area contributed by atoms with Crippen LogP contribution in [-0.2, 0) is 0 Å². The number of hydrogen-bond donors (Lipinski definition) is 1. The first-order chi connectivity index (χ1) is 8.83. The molecule has 4 nitrogen and oxygen atoms in total. The summed E-state index contributed by atoms with van der Waals surface area (Å²) in [7, 11) is 0. The Morgan fingerprint density at radius 2 is 1.83 bits per heavy atom. The maximum atomic E-state index is 13.2. The molecule has 0 unspecified atom stereocenters. The molecule has 0 saturated heterocycles. The molecule has 0 amide bonds. The fraction of sp³-hybridized carbons (Fsp3) is 0. The monoisotopic (exact) mass is 240 g/mol. The van der Waals surface area contributed by atoms with Gasteiger partial charge in [-0.3, -0.25) is 0 Å². The number of rotatable bonds is 2. The molecule has 0 radical (unpaired) electrons. The van der Waals surface area contributed by atoms with Gasteiger partial charge in [-0.05, 0) is 12.1 Å². The SMILES string of the molecule is Fc1cc2c(Nc3ccccc3)ncnc2cn1. The van der Waals surface area contributed by atoms with Crippen molar-refractivity contribution in [3.63, 3.8) is 0 Å². The van der Waals surface area contributed by atoms with Crippen molar-refractivity contribution in [1.82, 2.24) is 15.0 Å². The van der Waals surface area contributed by atoms with Gasteiger partial charge in [0, 0.05) is 17.1 Å². The molecule has 2 aromatic heterocycles. The molecule has 0 saturated carbocycles. The Kier molecular flexibility index (Phi) is 2.57. The zero-order valence-corrected chi connectivity index (χ0v) is 9.34. The van der Waals surface area contributed by atoms with Crippen LogP contribution in [0, 0.1) is 5.95 Å². The number of anilines is 2. The van der Waals surface area contributed by atoms with Crippen molar-refractivity contribution in [2.45, 2.75) is 0 Å². The van der Waals surface area contributed by atoms with Crippen molar-refractivity contribution in [2.75, 3.05) is 5.32 Å². The molecule has 5 heteroatoms. The van der Waals surface area contributed by atoms with Crippen molar-refractivity contribution < 1.29 is 4.39 Å². The third kappa shape index (κ3) is 1.98. The number of pyridine rings is 1. The summed E-state index contributed by atoms with van der Waals surface area (Å²) >= 11 is 0. The minimum Gasteiger partial charge on any atom is -0.340 e. The van der Waals surface area contributed by atoms with Gasteiger partial charge < -0.3 is 5.32 Å².